The van der Waals surface area contributed by atoms with Crippen molar-refractivity contribution in [3.63, 3.8) is 0 Å². The van der Waals surface area contributed by atoms with Crippen LogP contribution in [-0.2, 0) is 6.42 Å². The highest BCUT2D eigenvalue weighted by Gasteiger charge is 2.08. The van der Waals surface area contributed by atoms with Gasteiger partial charge in [-0.25, -0.2) is 0 Å². The molecular formula is C16H14Br3NO. The number of aryl methyl sites for hydroxylation is 1. The Balaban J connectivity index is 2.11. The number of carbonyl (C=O) groups excluding carboxylic acids is 1. The van der Waals surface area contributed by atoms with Crippen LogP contribution in [-0.4, -0.2) is 11.2 Å². The predicted molar refractivity (Wildman–Crippen MR) is 98.4 cm³/mol. The van der Waals surface area contributed by atoms with E-state index in [1.54, 1.807) is 12.1 Å². The Morgan fingerprint density at radius 3 is 2.43 bits per heavy atom. The minimum atomic E-state index is -0.116. The Morgan fingerprint density at radius 2 is 1.76 bits per heavy atom. The van der Waals surface area contributed by atoms with E-state index in [0.29, 0.717) is 5.56 Å². The maximum atomic E-state index is 12.3. The lowest BCUT2D eigenvalue weighted by Gasteiger charge is -2.08. The number of halogens is 3. The third-order valence-corrected chi connectivity index (χ3v) is 4.39. The number of amides is 1. The van der Waals surface area contributed by atoms with Crippen LogP contribution in [0.15, 0.2) is 51.4 Å². The van der Waals surface area contributed by atoms with Gasteiger partial charge in [-0.3, -0.25) is 4.79 Å². The first-order valence-electron chi connectivity index (χ1n) is 6.51. The molecule has 2 aromatic rings. The van der Waals surface area contributed by atoms with E-state index in [4.69, 9.17) is 0 Å². The first kappa shape index (κ1) is 16.7. The first-order valence-corrected chi connectivity index (χ1v) is 9.21. The summed E-state index contributed by atoms with van der Waals surface area (Å²) in [5.41, 5.74) is 2.66. The molecule has 0 fully saturated rings. The minimum absolute atomic E-state index is 0.116. The van der Waals surface area contributed by atoms with Gasteiger partial charge in [-0.1, -0.05) is 59.9 Å². The second kappa shape index (κ2) is 8.11. The van der Waals surface area contributed by atoms with E-state index >= 15 is 0 Å². The van der Waals surface area contributed by atoms with Gasteiger partial charge in [-0.2, -0.15) is 0 Å². The fourth-order valence-corrected chi connectivity index (χ4v) is 3.54. The summed E-state index contributed by atoms with van der Waals surface area (Å²) in [4.78, 5) is 12.3. The Hall–Kier alpha value is -0.650. The number of nitrogens with one attached hydrogen (secondary N) is 1. The molecule has 0 aliphatic heterocycles. The number of hydrogen-bond acceptors (Lipinski definition) is 1. The lowest BCUT2D eigenvalue weighted by molar-refractivity contribution is 0.102. The van der Waals surface area contributed by atoms with Gasteiger partial charge in [0.05, 0.1) is 0 Å². The fraction of sp³-hybridized carbons (Fsp3) is 0.188. The predicted octanol–water partition coefficient (Wildman–Crippen LogP) is 5.79. The van der Waals surface area contributed by atoms with Crippen molar-refractivity contribution < 1.29 is 4.79 Å². The molecule has 5 heteroatoms. The molecule has 2 aromatic carbocycles. The summed E-state index contributed by atoms with van der Waals surface area (Å²) in [5.74, 6) is -0.116. The summed E-state index contributed by atoms with van der Waals surface area (Å²) >= 11 is 10.2. The first-order chi connectivity index (χ1) is 10.1. The van der Waals surface area contributed by atoms with Gasteiger partial charge in [-0.15, -0.1) is 0 Å². The third-order valence-electron chi connectivity index (χ3n) is 2.91. The molecule has 0 atom stereocenters. The van der Waals surface area contributed by atoms with Gasteiger partial charge in [-0.05, 0) is 48.7 Å². The van der Waals surface area contributed by atoms with Gasteiger partial charge in [0.25, 0.3) is 5.91 Å². The normalized spacial score (nSPS) is 10.4. The van der Waals surface area contributed by atoms with Crippen LogP contribution in [0.3, 0.4) is 0 Å². The standard InChI is InChI=1S/C16H14Br3NO/c17-6-2-4-11-3-1-5-15(7-11)20-16(21)12-8-13(18)10-14(19)9-12/h1,3,5,7-10H,2,4,6H2,(H,20,21). The lowest BCUT2D eigenvalue weighted by Crippen LogP contribution is -2.12. The zero-order valence-corrected chi connectivity index (χ0v) is 16.0. The van der Waals surface area contributed by atoms with Crippen molar-refractivity contribution in [3.05, 3.63) is 62.5 Å². The molecule has 0 spiro atoms. The molecule has 1 amide bonds. The monoisotopic (exact) mass is 473 g/mol. The lowest BCUT2D eigenvalue weighted by atomic mass is 10.1. The van der Waals surface area contributed by atoms with Gasteiger partial charge < -0.3 is 5.32 Å². The molecule has 0 unspecified atom stereocenters. The van der Waals surface area contributed by atoms with Gasteiger partial charge in [0.15, 0.2) is 0 Å². The SMILES string of the molecule is O=C(Nc1cccc(CCCBr)c1)c1cc(Br)cc(Br)c1. The van der Waals surface area contributed by atoms with Crippen LogP contribution in [0.5, 0.6) is 0 Å². The Kier molecular flexibility index (Phi) is 6.45. The maximum Gasteiger partial charge on any atom is 0.255 e. The summed E-state index contributed by atoms with van der Waals surface area (Å²) in [6.45, 7) is 0. The summed E-state index contributed by atoms with van der Waals surface area (Å²) < 4.78 is 1.74. The molecular weight excluding hydrogens is 462 g/mol. The number of rotatable bonds is 5. The van der Waals surface area contributed by atoms with Crippen LogP contribution < -0.4 is 5.32 Å². The van der Waals surface area contributed by atoms with Crippen LogP contribution in [0.1, 0.15) is 22.3 Å². The van der Waals surface area contributed by atoms with E-state index in [9.17, 15) is 4.79 Å². The highest BCUT2D eigenvalue weighted by Crippen LogP contribution is 2.21. The van der Waals surface area contributed by atoms with E-state index < -0.39 is 0 Å². The van der Waals surface area contributed by atoms with E-state index in [0.717, 1.165) is 32.8 Å². The largest absolute Gasteiger partial charge is 0.322 e. The molecule has 2 nitrogen and oxygen atoms in total. The van der Waals surface area contributed by atoms with E-state index in [2.05, 4.69) is 59.2 Å². The van der Waals surface area contributed by atoms with Crippen molar-refractivity contribution in [1.29, 1.82) is 0 Å². The molecule has 1 N–H and O–H groups in total. The quantitative estimate of drug-likeness (QED) is 0.545. The van der Waals surface area contributed by atoms with Crippen molar-refractivity contribution in [2.24, 2.45) is 0 Å². The number of hydrogen-bond donors (Lipinski definition) is 1. The van der Waals surface area contributed by atoms with Crippen LogP contribution in [0.4, 0.5) is 5.69 Å². The molecule has 0 saturated carbocycles. The fourth-order valence-electron chi connectivity index (χ4n) is 1.96. The molecule has 0 aliphatic rings. The summed E-state index contributed by atoms with van der Waals surface area (Å²) in [5, 5.41) is 3.92. The van der Waals surface area contributed by atoms with E-state index in [-0.39, 0.29) is 5.91 Å². The average Bonchev–Trinajstić information content (AvgIpc) is 2.44. The number of alkyl halides is 1. The average molecular weight is 476 g/mol. The van der Waals surface area contributed by atoms with Gasteiger partial charge in [0.1, 0.15) is 0 Å². The van der Waals surface area contributed by atoms with Crippen LogP contribution in [0.25, 0.3) is 0 Å². The number of carbonyl (C=O) groups is 1. The molecule has 0 saturated heterocycles. The summed E-state index contributed by atoms with van der Waals surface area (Å²) in [6.07, 6.45) is 2.08. The number of anilines is 1. The highest BCUT2D eigenvalue weighted by atomic mass is 79.9. The second-order valence-corrected chi connectivity index (χ2v) is 7.23. The van der Waals surface area contributed by atoms with Gasteiger partial charge in [0.2, 0.25) is 0 Å². The topological polar surface area (TPSA) is 29.1 Å². The Labute approximate surface area is 149 Å². The van der Waals surface area contributed by atoms with Gasteiger partial charge >= 0.3 is 0 Å². The van der Waals surface area contributed by atoms with Crippen LogP contribution in [0, 0.1) is 0 Å². The molecule has 0 aromatic heterocycles. The van der Waals surface area contributed by atoms with E-state index in [1.165, 1.54) is 5.56 Å². The van der Waals surface area contributed by atoms with Crippen molar-refractivity contribution in [2.75, 3.05) is 10.6 Å². The van der Waals surface area contributed by atoms with Crippen molar-refractivity contribution in [2.45, 2.75) is 12.8 Å². The van der Waals surface area contributed by atoms with E-state index in [1.807, 2.05) is 24.3 Å². The summed E-state index contributed by atoms with van der Waals surface area (Å²) in [7, 11) is 0. The summed E-state index contributed by atoms with van der Waals surface area (Å²) in [6, 6.07) is 13.5. The van der Waals surface area contributed by atoms with Crippen molar-refractivity contribution in [1.82, 2.24) is 0 Å². The Morgan fingerprint density at radius 1 is 1.05 bits per heavy atom. The van der Waals surface area contributed by atoms with Gasteiger partial charge in [0, 0.05) is 25.5 Å². The molecule has 0 aliphatic carbocycles. The van der Waals surface area contributed by atoms with Crippen molar-refractivity contribution in [3.8, 4) is 0 Å². The zero-order chi connectivity index (χ0) is 15.2. The third kappa shape index (κ3) is 5.24. The maximum absolute atomic E-state index is 12.3. The van der Waals surface area contributed by atoms with Crippen LogP contribution >= 0.6 is 47.8 Å². The number of benzene rings is 2. The second-order valence-electron chi connectivity index (χ2n) is 4.61. The van der Waals surface area contributed by atoms with Crippen molar-refractivity contribution >= 4 is 59.4 Å². The highest BCUT2D eigenvalue weighted by molar-refractivity contribution is 9.11. The molecule has 110 valence electrons. The molecule has 0 bridgehead atoms. The molecule has 21 heavy (non-hydrogen) atoms. The van der Waals surface area contributed by atoms with Crippen LogP contribution in [0.2, 0.25) is 0 Å². The Bertz CT molecular complexity index is 623. The minimum Gasteiger partial charge on any atom is -0.322 e. The smallest absolute Gasteiger partial charge is 0.255 e. The zero-order valence-electron chi connectivity index (χ0n) is 11.2. The molecule has 0 heterocycles. The molecule has 0 radical (unpaired) electrons. The molecule has 2 rings (SSSR count).